The third-order valence-corrected chi connectivity index (χ3v) is 8.31. The van der Waals surface area contributed by atoms with Gasteiger partial charge in [0, 0.05) is 49.2 Å². The van der Waals surface area contributed by atoms with E-state index >= 15 is 0 Å². The number of amides is 2. The highest BCUT2D eigenvalue weighted by molar-refractivity contribution is 6.32. The summed E-state index contributed by atoms with van der Waals surface area (Å²) in [7, 11) is 0. The molecule has 2 aromatic heterocycles. The van der Waals surface area contributed by atoms with E-state index in [1.807, 2.05) is 16.7 Å². The third-order valence-electron chi connectivity index (χ3n) is 7.73. The quantitative estimate of drug-likeness (QED) is 0.246. The minimum absolute atomic E-state index is 0.00922. The fourth-order valence-corrected chi connectivity index (χ4v) is 6.31. The first-order chi connectivity index (χ1) is 19.5. The molecule has 0 radical (unpaired) electrons. The van der Waals surface area contributed by atoms with E-state index in [0.29, 0.717) is 42.0 Å². The first-order valence-corrected chi connectivity index (χ1v) is 14.5. The van der Waals surface area contributed by atoms with E-state index in [2.05, 4.69) is 70.7 Å². The topological polar surface area (TPSA) is 111 Å². The van der Waals surface area contributed by atoms with Crippen molar-refractivity contribution in [1.29, 1.82) is 0 Å². The lowest BCUT2D eigenvalue weighted by Crippen LogP contribution is -2.60. The summed E-state index contributed by atoms with van der Waals surface area (Å²) in [6, 6.07) is 3.81. The van der Waals surface area contributed by atoms with Crippen LogP contribution >= 0.6 is 23.2 Å². The summed E-state index contributed by atoms with van der Waals surface area (Å²) in [4.78, 5) is 33.9. The van der Waals surface area contributed by atoms with Gasteiger partial charge < -0.3 is 20.1 Å². The molecular weight excluding hydrogens is 563 g/mol. The Morgan fingerprint density at radius 3 is 2.63 bits per heavy atom. The molecule has 12 heteroatoms. The number of hydrogen-bond acceptors (Lipinski definition) is 6. The number of hydrogen-bond donors (Lipinski definition) is 3. The highest BCUT2D eigenvalue weighted by Crippen LogP contribution is 2.35. The van der Waals surface area contributed by atoms with Crippen molar-refractivity contribution in [3.8, 4) is 0 Å². The molecule has 5 rings (SSSR count). The van der Waals surface area contributed by atoms with Crippen molar-refractivity contribution >= 4 is 51.7 Å². The van der Waals surface area contributed by atoms with E-state index in [1.54, 1.807) is 4.90 Å². The summed E-state index contributed by atoms with van der Waals surface area (Å²) in [5, 5.41) is 15.7. The molecule has 2 saturated heterocycles. The smallest absolute Gasteiger partial charge is 0.271 e. The van der Waals surface area contributed by atoms with Crippen LogP contribution in [0.4, 0.5) is 5.82 Å². The molecule has 3 N–H and O–H groups in total. The number of fused-ring (bicyclic) bond motifs is 1. The standard InChI is InChI=1S/C29H36Cl2N8O2/c1-6-9-37-10-8-18(16-37)39-23(34-26(31)25(39)28(41)33-17-14-38(15-17)24(40)7-2)13-32-27-19-11-20(29(3,4)5)21(30)12-22(19)35-36-27/h6-7,11-12,17-18H,1-2,8-10,13-16H2,3-5H3,(H,33,41)(H2,32,35,36). The Kier molecular flexibility index (Phi) is 8.18. The van der Waals surface area contributed by atoms with Gasteiger partial charge in [0.15, 0.2) is 11.0 Å². The van der Waals surface area contributed by atoms with Crippen molar-refractivity contribution in [2.24, 2.45) is 0 Å². The van der Waals surface area contributed by atoms with Gasteiger partial charge in [-0.05, 0) is 35.6 Å². The van der Waals surface area contributed by atoms with Gasteiger partial charge in [0.1, 0.15) is 11.5 Å². The third kappa shape index (κ3) is 5.86. The second kappa shape index (κ2) is 11.5. The normalized spacial score (nSPS) is 18.0. The Hall–Kier alpha value is -3.34. The van der Waals surface area contributed by atoms with Gasteiger partial charge in [-0.1, -0.05) is 56.6 Å². The highest BCUT2D eigenvalue weighted by Gasteiger charge is 2.35. The Labute approximate surface area is 249 Å². The minimum Gasteiger partial charge on any atom is -0.361 e. The fraction of sp³-hybridized carbons (Fsp3) is 0.448. The largest absolute Gasteiger partial charge is 0.361 e. The Bertz CT molecular complexity index is 1500. The van der Waals surface area contributed by atoms with Gasteiger partial charge in [0.05, 0.1) is 18.1 Å². The maximum absolute atomic E-state index is 13.5. The molecule has 0 saturated carbocycles. The van der Waals surface area contributed by atoms with E-state index in [4.69, 9.17) is 23.2 Å². The molecule has 0 bridgehead atoms. The van der Waals surface area contributed by atoms with Crippen LogP contribution in [0.1, 0.15) is 55.1 Å². The van der Waals surface area contributed by atoms with Gasteiger partial charge in [0.25, 0.3) is 5.91 Å². The zero-order chi connectivity index (χ0) is 29.5. The van der Waals surface area contributed by atoms with E-state index < -0.39 is 0 Å². The van der Waals surface area contributed by atoms with E-state index in [9.17, 15) is 9.59 Å². The molecule has 1 atom stereocenters. The Balaban J connectivity index is 1.41. The van der Waals surface area contributed by atoms with Crippen LogP contribution in [0.15, 0.2) is 37.4 Å². The molecule has 1 aromatic carbocycles. The van der Waals surface area contributed by atoms with Gasteiger partial charge in [0.2, 0.25) is 5.91 Å². The number of carbonyl (C=O) groups excluding carboxylic acids is 2. The van der Waals surface area contributed by atoms with Crippen LogP contribution in [0, 0.1) is 0 Å². The lowest BCUT2D eigenvalue weighted by Gasteiger charge is -2.39. The van der Waals surface area contributed by atoms with Crippen LogP contribution in [-0.4, -0.2) is 80.1 Å². The number of benzene rings is 1. The molecular formula is C29H36Cl2N8O2. The number of likely N-dealkylation sites (tertiary alicyclic amines) is 2. The molecule has 2 fully saturated rings. The number of halogens is 2. The maximum Gasteiger partial charge on any atom is 0.271 e. The van der Waals surface area contributed by atoms with E-state index in [1.165, 1.54) is 6.08 Å². The van der Waals surface area contributed by atoms with Gasteiger partial charge in [-0.25, -0.2) is 4.98 Å². The SMILES string of the molecule is C=CCN1CCC(n2c(CNc3n[nH]c4cc(Cl)c(C(C)(C)C)cc34)nc(Cl)c2C(=O)NC2CN(C(=O)C=C)C2)C1. The van der Waals surface area contributed by atoms with Crippen LogP contribution in [-0.2, 0) is 16.8 Å². The number of imidazole rings is 1. The molecule has 2 aliphatic heterocycles. The molecule has 0 aliphatic carbocycles. The van der Waals surface area contributed by atoms with Crippen LogP contribution in [0.3, 0.4) is 0 Å². The van der Waals surface area contributed by atoms with E-state index in [-0.39, 0.29) is 34.5 Å². The minimum atomic E-state index is -0.304. The Morgan fingerprint density at radius 1 is 1.20 bits per heavy atom. The zero-order valence-corrected chi connectivity index (χ0v) is 25.1. The second-order valence-corrected chi connectivity index (χ2v) is 12.5. The highest BCUT2D eigenvalue weighted by atomic mass is 35.5. The predicted molar refractivity (Wildman–Crippen MR) is 163 cm³/mol. The zero-order valence-electron chi connectivity index (χ0n) is 23.6. The number of carbonyl (C=O) groups is 2. The van der Waals surface area contributed by atoms with Crippen molar-refractivity contribution in [3.05, 3.63) is 64.7 Å². The van der Waals surface area contributed by atoms with Crippen molar-refractivity contribution < 1.29 is 9.59 Å². The molecule has 2 aliphatic rings. The molecule has 4 heterocycles. The summed E-state index contributed by atoms with van der Waals surface area (Å²) < 4.78 is 1.96. The number of nitrogens with one attached hydrogen (secondary N) is 3. The van der Waals surface area contributed by atoms with Crippen molar-refractivity contribution in [2.45, 2.75) is 51.2 Å². The van der Waals surface area contributed by atoms with Crippen LogP contribution < -0.4 is 10.6 Å². The first kappa shape index (κ1) is 29.2. The summed E-state index contributed by atoms with van der Waals surface area (Å²) in [5.74, 6) is 0.855. The number of H-pyrrole nitrogens is 1. The number of rotatable bonds is 9. The number of aromatic amines is 1. The van der Waals surface area contributed by atoms with Crippen LogP contribution in [0.5, 0.6) is 0 Å². The monoisotopic (exact) mass is 598 g/mol. The fourth-order valence-electron chi connectivity index (χ4n) is 5.58. The van der Waals surface area contributed by atoms with E-state index in [0.717, 1.165) is 42.5 Å². The van der Waals surface area contributed by atoms with Gasteiger partial charge in [-0.2, -0.15) is 5.10 Å². The molecule has 1 unspecified atom stereocenters. The lowest BCUT2D eigenvalue weighted by atomic mass is 9.86. The summed E-state index contributed by atoms with van der Waals surface area (Å²) in [6.45, 7) is 17.3. The average molecular weight is 600 g/mol. The predicted octanol–water partition coefficient (Wildman–Crippen LogP) is 4.54. The van der Waals surface area contributed by atoms with Crippen LogP contribution in [0.25, 0.3) is 10.9 Å². The molecule has 2 amide bonds. The van der Waals surface area contributed by atoms with Gasteiger partial charge >= 0.3 is 0 Å². The lowest BCUT2D eigenvalue weighted by molar-refractivity contribution is -0.130. The Morgan fingerprint density at radius 2 is 1.95 bits per heavy atom. The van der Waals surface area contributed by atoms with Gasteiger partial charge in [-0.15, -0.1) is 6.58 Å². The average Bonchev–Trinajstić information content (AvgIpc) is 3.59. The first-order valence-electron chi connectivity index (χ1n) is 13.7. The van der Waals surface area contributed by atoms with Crippen molar-refractivity contribution in [1.82, 2.24) is 34.9 Å². The van der Waals surface area contributed by atoms with Crippen molar-refractivity contribution in [3.63, 3.8) is 0 Å². The number of aromatic nitrogens is 4. The summed E-state index contributed by atoms with van der Waals surface area (Å²) in [6.07, 6.45) is 4.00. The summed E-state index contributed by atoms with van der Waals surface area (Å²) in [5.41, 5.74) is 2.04. The number of nitrogens with zero attached hydrogens (tertiary/aromatic N) is 5. The second-order valence-electron chi connectivity index (χ2n) is 11.7. The number of anilines is 1. The molecule has 3 aromatic rings. The summed E-state index contributed by atoms with van der Waals surface area (Å²) >= 11 is 13.2. The maximum atomic E-state index is 13.5. The molecule has 218 valence electrons. The van der Waals surface area contributed by atoms with Crippen molar-refractivity contribution in [2.75, 3.05) is 38.0 Å². The molecule has 0 spiro atoms. The van der Waals surface area contributed by atoms with Crippen LogP contribution in [0.2, 0.25) is 10.2 Å². The molecule has 10 nitrogen and oxygen atoms in total. The van der Waals surface area contributed by atoms with Gasteiger partial charge in [-0.3, -0.25) is 19.6 Å². The molecule has 41 heavy (non-hydrogen) atoms.